The number of nitrogens with one attached hydrogen (secondary N) is 1. The molecule has 1 heterocycles. The highest BCUT2D eigenvalue weighted by molar-refractivity contribution is 6.48. The lowest BCUT2D eigenvalue weighted by Gasteiger charge is -2.05. The summed E-state index contributed by atoms with van der Waals surface area (Å²) in [5.41, 5.74) is -0.882. The van der Waals surface area contributed by atoms with Crippen molar-refractivity contribution >= 4 is 40.8 Å². The molecule has 0 fully saturated rings. The standard InChI is InChI=1S/C8H6Cl3NO3/c1-2-15-8(14)6-4(10)3(9)5(11)7(13)12-6/h2H2,1H3,(H,12,13). The third-order valence-electron chi connectivity index (χ3n) is 1.52. The fourth-order valence-electron chi connectivity index (χ4n) is 0.873. The zero-order valence-electron chi connectivity index (χ0n) is 7.57. The molecule has 0 unspecified atom stereocenters. The van der Waals surface area contributed by atoms with Gasteiger partial charge in [-0.3, -0.25) is 4.79 Å². The highest BCUT2D eigenvalue weighted by atomic mass is 35.5. The van der Waals surface area contributed by atoms with Gasteiger partial charge >= 0.3 is 5.97 Å². The van der Waals surface area contributed by atoms with Crippen LogP contribution in [0.15, 0.2) is 4.79 Å². The second-order valence-electron chi connectivity index (χ2n) is 2.49. The van der Waals surface area contributed by atoms with Crippen molar-refractivity contribution in [3.05, 3.63) is 31.1 Å². The van der Waals surface area contributed by atoms with Crippen molar-refractivity contribution in [2.24, 2.45) is 0 Å². The predicted molar refractivity (Wildman–Crippen MR) is 58.0 cm³/mol. The molecule has 82 valence electrons. The number of pyridine rings is 1. The van der Waals surface area contributed by atoms with Gasteiger partial charge in [0.15, 0.2) is 0 Å². The van der Waals surface area contributed by atoms with Gasteiger partial charge in [-0.15, -0.1) is 0 Å². The van der Waals surface area contributed by atoms with Gasteiger partial charge < -0.3 is 9.72 Å². The van der Waals surface area contributed by atoms with Crippen LogP contribution < -0.4 is 5.56 Å². The number of H-pyrrole nitrogens is 1. The molecule has 0 aliphatic heterocycles. The summed E-state index contributed by atoms with van der Waals surface area (Å²) < 4.78 is 4.66. The van der Waals surface area contributed by atoms with E-state index in [4.69, 9.17) is 34.8 Å². The smallest absolute Gasteiger partial charge is 0.356 e. The van der Waals surface area contributed by atoms with Crippen LogP contribution in [0, 0.1) is 0 Å². The lowest BCUT2D eigenvalue weighted by Crippen LogP contribution is -2.16. The fraction of sp³-hybridized carbons (Fsp3) is 0.250. The third kappa shape index (κ3) is 2.45. The second-order valence-corrected chi connectivity index (χ2v) is 3.63. The molecule has 0 aromatic carbocycles. The van der Waals surface area contributed by atoms with Crippen LogP contribution in [0.4, 0.5) is 0 Å². The number of aromatic nitrogens is 1. The van der Waals surface area contributed by atoms with Gasteiger partial charge in [-0.1, -0.05) is 34.8 Å². The van der Waals surface area contributed by atoms with Crippen LogP contribution >= 0.6 is 34.8 Å². The summed E-state index contributed by atoms with van der Waals surface area (Å²) >= 11 is 16.9. The molecule has 0 aliphatic carbocycles. The van der Waals surface area contributed by atoms with E-state index in [0.717, 1.165) is 0 Å². The Hall–Kier alpha value is -0.710. The molecule has 0 aliphatic rings. The summed E-state index contributed by atoms with van der Waals surface area (Å²) in [4.78, 5) is 24.7. The van der Waals surface area contributed by atoms with Crippen LogP contribution in [0.25, 0.3) is 0 Å². The van der Waals surface area contributed by atoms with Gasteiger partial charge in [-0.25, -0.2) is 4.79 Å². The normalized spacial score (nSPS) is 10.1. The molecular weight excluding hydrogens is 264 g/mol. The molecular formula is C8H6Cl3NO3. The average molecular weight is 270 g/mol. The van der Waals surface area contributed by atoms with E-state index in [0.29, 0.717) is 0 Å². The van der Waals surface area contributed by atoms with Crippen molar-refractivity contribution < 1.29 is 9.53 Å². The maximum atomic E-state index is 11.3. The minimum atomic E-state index is -0.752. The lowest BCUT2D eigenvalue weighted by molar-refractivity contribution is 0.0519. The summed E-state index contributed by atoms with van der Waals surface area (Å²) in [6, 6.07) is 0. The minimum Gasteiger partial charge on any atom is -0.461 e. The van der Waals surface area contributed by atoms with E-state index in [1.54, 1.807) is 6.92 Å². The van der Waals surface area contributed by atoms with Crippen molar-refractivity contribution in [1.82, 2.24) is 4.98 Å². The summed E-state index contributed by atoms with van der Waals surface area (Å²) in [5.74, 6) is -0.752. The van der Waals surface area contributed by atoms with E-state index in [-0.39, 0.29) is 27.4 Å². The first kappa shape index (κ1) is 12.4. The van der Waals surface area contributed by atoms with E-state index in [9.17, 15) is 9.59 Å². The molecule has 1 rings (SSSR count). The molecule has 0 amide bonds. The quantitative estimate of drug-likeness (QED) is 0.840. The van der Waals surface area contributed by atoms with Crippen molar-refractivity contribution in [3.8, 4) is 0 Å². The predicted octanol–water partition coefficient (Wildman–Crippen LogP) is 2.51. The molecule has 0 saturated carbocycles. The molecule has 0 atom stereocenters. The summed E-state index contributed by atoms with van der Waals surface area (Å²) in [6.45, 7) is 1.79. The van der Waals surface area contributed by atoms with Crippen LogP contribution in [0.1, 0.15) is 17.4 Å². The Morgan fingerprint density at radius 3 is 2.40 bits per heavy atom. The zero-order chi connectivity index (χ0) is 11.6. The minimum absolute atomic E-state index is 0.125. The number of hydrogen-bond acceptors (Lipinski definition) is 3. The molecule has 0 radical (unpaired) electrons. The van der Waals surface area contributed by atoms with Gasteiger partial charge in [-0.05, 0) is 6.92 Å². The molecule has 0 spiro atoms. The monoisotopic (exact) mass is 269 g/mol. The topological polar surface area (TPSA) is 59.2 Å². The Morgan fingerprint density at radius 2 is 1.87 bits per heavy atom. The van der Waals surface area contributed by atoms with E-state index >= 15 is 0 Å². The molecule has 1 N–H and O–H groups in total. The van der Waals surface area contributed by atoms with E-state index < -0.39 is 11.5 Å². The SMILES string of the molecule is CCOC(=O)c1[nH]c(=O)c(Cl)c(Cl)c1Cl. The first-order valence-corrected chi connectivity index (χ1v) is 5.06. The largest absolute Gasteiger partial charge is 0.461 e. The number of rotatable bonds is 2. The number of halogens is 3. The van der Waals surface area contributed by atoms with Crippen LogP contribution in [0.2, 0.25) is 15.1 Å². The van der Waals surface area contributed by atoms with Crippen LogP contribution in [-0.4, -0.2) is 17.6 Å². The lowest BCUT2D eigenvalue weighted by atomic mass is 10.3. The molecule has 4 nitrogen and oxygen atoms in total. The maximum absolute atomic E-state index is 11.3. The first-order valence-electron chi connectivity index (χ1n) is 3.93. The Kier molecular flexibility index (Phi) is 4.02. The maximum Gasteiger partial charge on any atom is 0.356 e. The van der Waals surface area contributed by atoms with Gasteiger partial charge in [0.25, 0.3) is 5.56 Å². The molecule has 1 aromatic rings. The van der Waals surface area contributed by atoms with E-state index in [2.05, 4.69) is 9.72 Å². The zero-order valence-corrected chi connectivity index (χ0v) is 9.83. The van der Waals surface area contributed by atoms with Crippen molar-refractivity contribution in [3.63, 3.8) is 0 Å². The van der Waals surface area contributed by atoms with Crippen LogP contribution in [0.5, 0.6) is 0 Å². The van der Waals surface area contributed by atoms with Crippen LogP contribution in [-0.2, 0) is 4.74 Å². The summed E-state index contributed by atoms with van der Waals surface area (Å²) in [5, 5.41) is -0.542. The van der Waals surface area contributed by atoms with Crippen molar-refractivity contribution in [1.29, 1.82) is 0 Å². The van der Waals surface area contributed by atoms with Crippen LogP contribution in [0.3, 0.4) is 0 Å². The second kappa shape index (κ2) is 4.88. The first-order chi connectivity index (χ1) is 6.99. The number of esters is 1. The van der Waals surface area contributed by atoms with Crippen molar-refractivity contribution in [2.45, 2.75) is 6.92 Å². The Labute approximate surface area is 100 Å². The highest BCUT2D eigenvalue weighted by Crippen LogP contribution is 2.28. The number of ether oxygens (including phenoxy) is 1. The number of aromatic amines is 1. The average Bonchev–Trinajstić information content (AvgIpc) is 2.20. The van der Waals surface area contributed by atoms with Gasteiger partial charge in [0.2, 0.25) is 0 Å². The van der Waals surface area contributed by atoms with Gasteiger partial charge in [0.1, 0.15) is 10.7 Å². The highest BCUT2D eigenvalue weighted by Gasteiger charge is 2.19. The Bertz CT molecular complexity index is 455. The third-order valence-corrected chi connectivity index (χ3v) is 2.83. The van der Waals surface area contributed by atoms with Gasteiger partial charge in [-0.2, -0.15) is 0 Å². The molecule has 0 bridgehead atoms. The Morgan fingerprint density at radius 1 is 1.27 bits per heavy atom. The van der Waals surface area contributed by atoms with E-state index in [1.807, 2.05) is 0 Å². The number of hydrogen-bond donors (Lipinski definition) is 1. The summed E-state index contributed by atoms with van der Waals surface area (Å²) in [6.07, 6.45) is 0. The van der Waals surface area contributed by atoms with Crippen molar-refractivity contribution in [2.75, 3.05) is 6.61 Å². The molecule has 1 aromatic heterocycles. The van der Waals surface area contributed by atoms with Gasteiger partial charge in [0, 0.05) is 0 Å². The molecule has 7 heteroatoms. The Balaban J connectivity index is 3.32. The number of carbonyl (C=O) groups excluding carboxylic acids is 1. The molecule has 15 heavy (non-hydrogen) atoms. The summed E-state index contributed by atoms with van der Waals surface area (Å²) in [7, 11) is 0. The molecule has 0 saturated heterocycles. The fourth-order valence-corrected chi connectivity index (χ4v) is 1.46. The number of carbonyl (C=O) groups is 1. The van der Waals surface area contributed by atoms with E-state index in [1.165, 1.54) is 0 Å². The van der Waals surface area contributed by atoms with Gasteiger partial charge in [0.05, 0.1) is 16.7 Å².